The number of methoxy groups -OCH3 is 1. The Kier molecular flexibility index (Phi) is 7.15. The molecule has 1 heterocycles. The van der Waals surface area contributed by atoms with E-state index in [-0.39, 0.29) is 29.8 Å². The molecule has 3 N–H and O–H groups in total. The fourth-order valence-corrected chi connectivity index (χ4v) is 4.39. The Morgan fingerprint density at radius 1 is 1.29 bits per heavy atom. The highest BCUT2D eigenvalue weighted by molar-refractivity contribution is 7.10. The summed E-state index contributed by atoms with van der Waals surface area (Å²) < 4.78 is 10.9. The van der Waals surface area contributed by atoms with Crippen LogP contribution in [0.1, 0.15) is 32.1 Å². The SMILES string of the molecule is CCOC1CC(N)(C(=O)NCc2cc(-c3ccc(OC)cc3)cs2)C1(C)C.Cl. The number of amides is 1. The van der Waals surface area contributed by atoms with Crippen molar-refractivity contribution in [3.05, 3.63) is 40.6 Å². The summed E-state index contributed by atoms with van der Waals surface area (Å²) in [5.74, 6) is 0.728. The number of thiophene rings is 1. The Hall–Kier alpha value is -1.60. The van der Waals surface area contributed by atoms with Crippen molar-refractivity contribution in [3.63, 3.8) is 0 Å². The van der Waals surface area contributed by atoms with Crippen molar-refractivity contribution >= 4 is 29.7 Å². The number of hydrogen-bond donors (Lipinski definition) is 2. The second-order valence-corrected chi connectivity index (χ2v) is 8.55. The van der Waals surface area contributed by atoms with Crippen LogP contribution in [0.4, 0.5) is 0 Å². The molecule has 0 radical (unpaired) electrons. The summed E-state index contributed by atoms with van der Waals surface area (Å²) in [6, 6.07) is 10.1. The van der Waals surface area contributed by atoms with Crippen molar-refractivity contribution in [1.82, 2.24) is 5.32 Å². The minimum absolute atomic E-state index is 0. The maximum absolute atomic E-state index is 12.7. The highest BCUT2D eigenvalue weighted by Gasteiger charge is 2.62. The summed E-state index contributed by atoms with van der Waals surface area (Å²) in [5.41, 5.74) is 7.43. The van der Waals surface area contributed by atoms with Gasteiger partial charge in [0, 0.05) is 23.3 Å². The van der Waals surface area contributed by atoms with Crippen LogP contribution in [0.3, 0.4) is 0 Å². The first-order valence-electron chi connectivity index (χ1n) is 9.22. The molecule has 0 bridgehead atoms. The van der Waals surface area contributed by atoms with E-state index in [0.29, 0.717) is 19.6 Å². The molecule has 154 valence electrons. The van der Waals surface area contributed by atoms with Gasteiger partial charge < -0.3 is 20.5 Å². The minimum atomic E-state index is -0.886. The molecule has 2 unspecified atom stereocenters. The number of halogens is 1. The smallest absolute Gasteiger partial charge is 0.241 e. The van der Waals surface area contributed by atoms with Crippen LogP contribution in [-0.2, 0) is 16.1 Å². The van der Waals surface area contributed by atoms with Crippen molar-refractivity contribution < 1.29 is 14.3 Å². The molecule has 1 aromatic heterocycles. The van der Waals surface area contributed by atoms with Crippen LogP contribution in [0.5, 0.6) is 5.75 Å². The molecule has 5 nitrogen and oxygen atoms in total. The molecule has 1 aliphatic rings. The van der Waals surface area contributed by atoms with Crippen LogP contribution in [0.2, 0.25) is 0 Å². The third kappa shape index (κ3) is 4.06. The first-order chi connectivity index (χ1) is 12.8. The van der Waals surface area contributed by atoms with Gasteiger partial charge in [0.2, 0.25) is 5.91 Å². The quantitative estimate of drug-likeness (QED) is 0.704. The molecule has 1 saturated carbocycles. The van der Waals surface area contributed by atoms with E-state index in [9.17, 15) is 4.79 Å². The van der Waals surface area contributed by atoms with E-state index in [1.54, 1.807) is 18.4 Å². The molecule has 7 heteroatoms. The van der Waals surface area contributed by atoms with E-state index < -0.39 is 5.54 Å². The molecule has 2 aromatic rings. The van der Waals surface area contributed by atoms with Crippen LogP contribution in [0, 0.1) is 5.41 Å². The van der Waals surface area contributed by atoms with Crippen LogP contribution in [0.25, 0.3) is 11.1 Å². The van der Waals surface area contributed by atoms with Crippen LogP contribution in [-0.4, -0.2) is 31.3 Å². The lowest BCUT2D eigenvalue weighted by Crippen LogP contribution is -2.75. The molecule has 3 rings (SSSR count). The zero-order valence-electron chi connectivity index (χ0n) is 16.8. The number of nitrogens with one attached hydrogen (secondary N) is 1. The van der Waals surface area contributed by atoms with Crippen molar-refractivity contribution in [2.45, 2.75) is 45.4 Å². The van der Waals surface area contributed by atoms with Gasteiger partial charge in [0.25, 0.3) is 0 Å². The Bertz CT molecular complexity index is 806. The van der Waals surface area contributed by atoms with E-state index in [4.69, 9.17) is 15.2 Å². The molecule has 1 aliphatic carbocycles. The number of ether oxygens (including phenoxy) is 2. The monoisotopic (exact) mass is 424 g/mol. The van der Waals surface area contributed by atoms with Gasteiger partial charge in [-0.2, -0.15) is 0 Å². The van der Waals surface area contributed by atoms with Gasteiger partial charge in [-0.1, -0.05) is 26.0 Å². The van der Waals surface area contributed by atoms with Gasteiger partial charge in [0.1, 0.15) is 11.3 Å². The van der Waals surface area contributed by atoms with Gasteiger partial charge in [-0.3, -0.25) is 4.79 Å². The molecule has 0 saturated heterocycles. The Labute approximate surface area is 177 Å². The lowest BCUT2D eigenvalue weighted by atomic mass is 9.54. The van der Waals surface area contributed by atoms with Gasteiger partial charge in [-0.25, -0.2) is 0 Å². The van der Waals surface area contributed by atoms with Gasteiger partial charge in [0.15, 0.2) is 0 Å². The number of nitrogens with two attached hydrogens (primary N) is 1. The van der Waals surface area contributed by atoms with Crippen molar-refractivity contribution in [2.24, 2.45) is 11.1 Å². The topological polar surface area (TPSA) is 73.6 Å². The van der Waals surface area contributed by atoms with Crippen molar-refractivity contribution in [2.75, 3.05) is 13.7 Å². The third-order valence-electron chi connectivity index (χ3n) is 5.74. The third-order valence-corrected chi connectivity index (χ3v) is 6.67. The molecule has 1 amide bonds. The first kappa shape index (κ1) is 22.7. The standard InChI is InChI=1S/C21H28N2O3S.ClH/c1-5-26-18-11-21(22,20(18,2)3)19(24)23-12-17-10-15(13-27-17)14-6-8-16(25-4)9-7-14;/h6-10,13,18H,5,11-12,22H2,1-4H3,(H,23,24);1H. The van der Waals surface area contributed by atoms with Crippen LogP contribution < -0.4 is 15.8 Å². The number of benzene rings is 1. The number of carbonyl (C=O) groups is 1. The second-order valence-electron chi connectivity index (χ2n) is 7.55. The average molecular weight is 425 g/mol. The molecule has 1 aromatic carbocycles. The molecule has 28 heavy (non-hydrogen) atoms. The predicted molar refractivity (Wildman–Crippen MR) is 116 cm³/mol. The summed E-state index contributed by atoms with van der Waals surface area (Å²) in [7, 11) is 1.66. The summed E-state index contributed by atoms with van der Waals surface area (Å²) in [5, 5.41) is 5.11. The van der Waals surface area contributed by atoms with E-state index in [1.807, 2.05) is 45.0 Å². The second kappa shape index (κ2) is 8.82. The molecule has 1 fully saturated rings. The Morgan fingerprint density at radius 2 is 1.96 bits per heavy atom. The predicted octanol–water partition coefficient (Wildman–Crippen LogP) is 3.99. The van der Waals surface area contributed by atoms with E-state index in [2.05, 4.69) is 16.8 Å². The van der Waals surface area contributed by atoms with Crippen LogP contribution >= 0.6 is 23.7 Å². The minimum Gasteiger partial charge on any atom is -0.497 e. The van der Waals surface area contributed by atoms with E-state index >= 15 is 0 Å². The van der Waals surface area contributed by atoms with E-state index in [1.165, 1.54) is 0 Å². The molecule has 2 atom stereocenters. The van der Waals surface area contributed by atoms with Gasteiger partial charge in [-0.05, 0) is 41.6 Å². The molecular formula is C21H29ClN2O3S. The molecular weight excluding hydrogens is 396 g/mol. The Morgan fingerprint density at radius 3 is 2.54 bits per heavy atom. The maximum atomic E-state index is 12.7. The van der Waals surface area contributed by atoms with Crippen molar-refractivity contribution in [1.29, 1.82) is 0 Å². The van der Waals surface area contributed by atoms with Gasteiger partial charge in [0.05, 0.1) is 19.8 Å². The van der Waals surface area contributed by atoms with Crippen LogP contribution in [0.15, 0.2) is 35.7 Å². The zero-order valence-corrected chi connectivity index (χ0v) is 18.4. The molecule has 0 aliphatic heterocycles. The fourth-order valence-electron chi connectivity index (χ4n) is 3.55. The average Bonchev–Trinajstić information content (AvgIpc) is 3.14. The van der Waals surface area contributed by atoms with Crippen molar-refractivity contribution in [3.8, 4) is 16.9 Å². The fraction of sp³-hybridized carbons (Fsp3) is 0.476. The number of rotatable bonds is 7. The normalized spacial score (nSPS) is 22.7. The molecule has 0 spiro atoms. The lowest BCUT2D eigenvalue weighted by Gasteiger charge is -2.57. The van der Waals surface area contributed by atoms with E-state index in [0.717, 1.165) is 21.8 Å². The summed E-state index contributed by atoms with van der Waals surface area (Å²) in [4.78, 5) is 13.8. The summed E-state index contributed by atoms with van der Waals surface area (Å²) in [6.07, 6.45) is 0.586. The summed E-state index contributed by atoms with van der Waals surface area (Å²) in [6.45, 7) is 7.08. The highest BCUT2D eigenvalue weighted by Crippen LogP contribution is 2.49. The summed E-state index contributed by atoms with van der Waals surface area (Å²) >= 11 is 1.63. The number of hydrogen-bond acceptors (Lipinski definition) is 5. The zero-order chi connectivity index (χ0) is 19.7. The van der Waals surface area contributed by atoms with Gasteiger partial charge in [-0.15, -0.1) is 23.7 Å². The maximum Gasteiger partial charge on any atom is 0.241 e. The first-order valence-corrected chi connectivity index (χ1v) is 10.1. The Balaban J connectivity index is 0.00000280. The lowest BCUT2D eigenvalue weighted by molar-refractivity contribution is -0.170. The largest absolute Gasteiger partial charge is 0.497 e. The van der Waals surface area contributed by atoms with Gasteiger partial charge >= 0.3 is 0 Å². The number of carbonyl (C=O) groups excluding carboxylic acids is 1. The highest BCUT2D eigenvalue weighted by atomic mass is 35.5.